The van der Waals surface area contributed by atoms with Crippen molar-refractivity contribution < 1.29 is 22.6 Å². The Balaban J connectivity index is 1.56. The van der Waals surface area contributed by atoms with Crippen molar-refractivity contribution in [1.29, 1.82) is 0 Å². The first-order valence-electron chi connectivity index (χ1n) is 14.8. The molecule has 4 rings (SSSR count). The lowest BCUT2D eigenvalue weighted by Crippen LogP contribution is -2.32. The zero-order valence-corrected chi connectivity index (χ0v) is 27.2. The van der Waals surface area contributed by atoms with Gasteiger partial charge in [0, 0.05) is 30.1 Å². The summed E-state index contributed by atoms with van der Waals surface area (Å²) in [7, 11) is 0. The van der Waals surface area contributed by atoms with Crippen LogP contribution in [0, 0.1) is 19.8 Å². The van der Waals surface area contributed by atoms with Crippen LogP contribution in [0.2, 0.25) is 0 Å². The predicted octanol–water partition coefficient (Wildman–Crippen LogP) is 9.83. The smallest absolute Gasteiger partial charge is 0.416 e. The molecular formula is C36H41F3N2O2S. The van der Waals surface area contributed by atoms with E-state index in [0.717, 1.165) is 57.6 Å². The van der Waals surface area contributed by atoms with Gasteiger partial charge in [0.15, 0.2) is 11.4 Å². The van der Waals surface area contributed by atoms with E-state index < -0.39 is 17.3 Å². The molecule has 0 amide bonds. The summed E-state index contributed by atoms with van der Waals surface area (Å²) >= 11 is 1.53. The minimum absolute atomic E-state index is 0.508. The van der Waals surface area contributed by atoms with Gasteiger partial charge in [0.2, 0.25) is 0 Å². The molecule has 1 heterocycles. The molecule has 234 valence electrons. The van der Waals surface area contributed by atoms with E-state index in [9.17, 15) is 13.2 Å². The first-order chi connectivity index (χ1) is 20.8. The van der Waals surface area contributed by atoms with Crippen molar-refractivity contribution >= 4 is 11.3 Å². The van der Waals surface area contributed by atoms with Crippen LogP contribution in [0.25, 0.3) is 10.6 Å². The Morgan fingerprint density at radius 3 is 2.41 bits per heavy atom. The van der Waals surface area contributed by atoms with E-state index >= 15 is 0 Å². The highest BCUT2D eigenvalue weighted by molar-refractivity contribution is 7.15. The van der Waals surface area contributed by atoms with Crippen LogP contribution in [0.5, 0.6) is 5.75 Å². The maximum Gasteiger partial charge on any atom is 0.416 e. The van der Waals surface area contributed by atoms with Gasteiger partial charge in [-0.1, -0.05) is 61.7 Å². The van der Waals surface area contributed by atoms with Crippen LogP contribution in [-0.4, -0.2) is 28.6 Å². The summed E-state index contributed by atoms with van der Waals surface area (Å²) in [5.74, 6) is 1.86. The largest absolute Gasteiger partial charge is 0.486 e. The first-order valence-corrected chi connectivity index (χ1v) is 15.7. The molecule has 0 aliphatic heterocycles. The van der Waals surface area contributed by atoms with Gasteiger partial charge in [-0.2, -0.15) is 13.2 Å². The number of nitrogens with zero attached hydrogens (tertiary/aromatic N) is 2. The third-order valence-corrected chi connectivity index (χ3v) is 8.71. The summed E-state index contributed by atoms with van der Waals surface area (Å²) in [6.45, 7) is 18.4. The molecule has 1 aliphatic carbocycles. The number of hydrogen-bond acceptors (Lipinski definition) is 5. The fourth-order valence-electron chi connectivity index (χ4n) is 5.10. The summed E-state index contributed by atoms with van der Waals surface area (Å²) in [5, 5.41) is 0.719. The van der Waals surface area contributed by atoms with Crippen molar-refractivity contribution in [3.8, 4) is 16.3 Å². The molecule has 0 radical (unpaired) electrons. The molecule has 0 spiro atoms. The molecule has 8 heteroatoms. The first kappa shape index (κ1) is 33.3. The standard InChI is InChI=1S/C36H41F3N2O2S/c1-8-33(42-9-2)35(6,7)43-31-19-14-28(20-25(31)4)22-41(21-27-12-10-24(3)11-13-27)23-32-26(5)40-34(44-32)29-15-17-30(18-16-29)36(37,38)39/h10,12-20,24H,1,9,11,21-23H2,2-7H3. The number of thiazole rings is 1. The Morgan fingerprint density at radius 2 is 1.82 bits per heavy atom. The summed E-state index contributed by atoms with van der Waals surface area (Å²) in [6, 6.07) is 11.5. The molecule has 2 aromatic carbocycles. The summed E-state index contributed by atoms with van der Waals surface area (Å²) in [5.41, 5.74) is 6.49. The molecule has 0 N–H and O–H groups in total. The highest BCUT2D eigenvalue weighted by Crippen LogP contribution is 2.34. The Hall–Kier alpha value is -3.58. The number of allylic oxidation sites excluding steroid dienone is 2. The summed E-state index contributed by atoms with van der Waals surface area (Å²) in [4.78, 5) is 8.20. The van der Waals surface area contributed by atoms with Gasteiger partial charge in [0.05, 0.1) is 17.9 Å². The Labute approximate surface area is 263 Å². The van der Waals surface area contributed by atoms with Crippen molar-refractivity contribution in [3.63, 3.8) is 0 Å². The van der Waals surface area contributed by atoms with E-state index in [1.807, 2.05) is 40.7 Å². The molecule has 3 aromatic rings. The van der Waals surface area contributed by atoms with E-state index in [1.165, 1.54) is 29.0 Å². The molecule has 0 saturated carbocycles. The lowest BCUT2D eigenvalue weighted by atomic mass is 9.98. The van der Waals surface area contributed by atoms with Crippen molar-refractivity contribution in [1.82, 2.24) is 9.88 Å². The minimum atomic E-state index is -4.36. The number of hydrogen-bond donors (Lipinski definition) is 0. The summed E-state index contributed by atoms with van der Waals surface area (Å²) in [6.07, 6.45) is 3.42. The molecule has 1 unspecified atom stereocenters. The van der Waals surface area contributed by atoms with Gasteiger partial charge in [0.25, 0.3) is 0 Å². The van der Waals surface area contributed by atoms with Crippen LogP contribution >= 0.6 is 11.3 Å². The van der Waals surface area contributed by atoms with E-state index in [4.69, 9.17) is 14.5 Å². The lowest BCUT2D eigenvalue weighted by Gasteiger charge is -2.29. The van der Waals surface area contributed by atoms with Gasteiger partial charge in [-0.05, 0) is 81.9 Å². The number of rotatable bonds is 12. The van der Waals surface area contributed by atoms with Crippen molar-refractivity contribution in [2.75, 3.05) is 13.2 Å². The van der Waals surface area contributed by atoms with Gasteiger partial charge < -0.3 is 9.47 Å². The second-order valence-corrected chi connectivity index (χ2v) is 12.8. The van der Waals surface area contributed by atoms with E-state index in [1.54, 1.807) is 0 Å². The monoisotopic (exact) mass is 622 g/mol. The molecule has 0 fully saturated rings. The highest BCUT2D eigenvalue weighted by Gasteiger charge is 2.30. The normalized spacial score (nSPS) is 15.2. The summed E-state index contributed by atoms with van der Waals surface area (Å²) < 4.78 is 51.3. The Kier molecular flexibility index (Phi) is 10.6. The van der Waals surface area contributed by atoms with Gasteiger partial charge in [-0.15, -0.1) is 11.3 Å². The molecule has 44 heavy (non-hydrogen) atoms. The minimum Gasteiger partial charge on any atom is -0.486 e. The predicted molar refractivity (Wildman–Crippen MR) is 173 cm³/mol. The average Bonchev–Trinajstić information content (AvgIpc) is 3.33. The van der Waals surface area contributed by atoms with E-state index in [0.29, 0.717) is 36.9 Å². The maximum absolute atomic E-state index is 13.1. The van der Waals surface area contributed by atoms with Crippen LogP contribution in [0.3, 0.4) is 0 Å². The molecular weight excluding hydrogens is 581 g/mol. The van der Waals surface area contributed by atoms with E-state index in [-0.39, 0.29) is 0 Å². The maximum atomic E-state index is 13.1. The van der Waals surface area contributed by atoms with Gasteiger partial charge in [0.1, 0.15) is 10.8 Å². The third kappa shape index (κ3) is 8.53. The number of alkyl halides is 3. The third-order valence-electron chi connectivity index (χ3n) is 7.52. The zero-order chi connectivity index (χ0) is 32.1. The van der Waals surface area contributed by atoms with Crippen LogP contribution < -0.4 is 4.74 Å². The van der Waals surface area contributed by atoms with E-state index in [2.05, 4.69) is 54.5 Å². The van der Waals surface area contributed by atoms with Crippen LogP contribution in [0.4, 0.5) is 13.2 Å². The molecule has 1 atom stereocenters. The Morgan fingerprint density at radius 1 is 1.09 bits per heavy atom. The van der Waals surface area contributed by atoms with Gasteiger partial charge >= 0.3 is 6.18 Å². The highest BCUT2D eigenvalue weighted by atomic mass is 32.1. The average molecular weight is 623 g/mol. The molecule has 0 saturated heterocycles. The number of aryl methyl sites for hydroxylation is 2. The zero-order valence-electron chi connectivity index (χ0n) is 26.3. The number of benzene rings is 2. The van der Waals surface area contributed by atoms with Gasteiger partial charge in [-0.3, -0.25) is 4.90 Å². The van der Waals surface area contributed by atoms with Crippen LogP contribution in [0.1, 0.15) is 61.4 Å². The lowest BCUT2D eigenvalue weighted by molar-refractivity contribution is -0.137. The van der Waals surface area contributed by atoms with Gasteiger partial charge in [-0.25, -0.2) is 4.98 Å². The number of aromatic nitrogens is 1. The van der Waals surface area contributed by atoms with Crippen LogP contribution in [0.15, 0.2) is 84.3 Å². The number of ether oxygens (including phenoxy) is 2. The van der Waals surface area contributed by atoms with Crippen LogP contribution in [-0.2, 0) is 24.0 Å². The second-order valence-electron chi connectivity index (χ2n) is 11.8. The SMILES string of the molecule is C=C=C(OCC)C(C)(C)Oc1ccc(CN(CC2=CCC(C)C=C2)Cc2sc(-c3ccc(C(F)(F)F)cc3)nc2C)cc1C. The molecule has 4 nitrogen and oxygen atoms in total. The molecule has 1 aromatic heterocycles. The fraction of sp³-hybridized carbons (Fsp3) is 0.389. The van der Waals surface area contributed by atoms with Crippen molar-refractivity contribution in [2.45, 2.75) is 72.8 Å². The topological polar surface area (TPSA) is 34.6 Å². The van der Waals surface area contributed by atoms with Crippen molar-refractivity contribution in [2.24, 2.45) is 5.92 Å². The fourth-order valence-corrected chi connectivity index (χ4v) is 6.21. The van der Waals surface area contributed by atoms with Crippen molar-refractivity contribution in [3.05, 3.63) is 112 Å². The molecule has 0 bridgehead atoms. The molecule has 1 aliphatic rings. The second kappa shape index (κ2) is 14.0. The Bertz CT molecular complexity index is 1560. The quantitative estimate of drug-likeness (QED) is 0.149. The number of halogens is 3.